The predicted octanol–water partition coefficient (Wildman–Crippen LogP) is 1.93. The normalized spacial score (nSPS) is 10.2. The standard InChI is InChI=1S/C12H12N2O/c1-8-3-2-4-9(5-8)10-7-14-12(13)6-11(10)15/h2-7H,1H3,(H3,13,14,15). The Hall–Kier alpha value is -2.03. The molecule has 1 aromatic carbocycles. The molecule has 2 aromatic rings. The summed E-state index contributed by atoms with van der Waals surface area (Å²) < 4.78 is 0. The van der Waals surface area contributed by atoms with Crippen molar-refractivity contribution in [3.05, 3.63) is 52.3 Å². The number of benzene rings is 1. The van der Waals surface area contributed by atoms with Gasteiger partial charge < -0.3 is 10.7 Å². The van der Waals surface area contributed by atoms with Crippen molar-refractivity contribution >= 4 is 5.82 Å². The molecule has 0 saturated heterocycles. The molecule has 76 valence electrons. The van der Waals surface area contributed by atoms with Crippen molar-refractivity contribution in [3.63, 3.8) is 0 Å². The van der Waals surface area contributed by atoms with Crippen molar-refractivity contribution in [2.75, 3.05) is 5.73 Å². The van der Waals surface area contributed by atoms with Crippen molar-refractivity contribution in [2.45, 2.75) is 6.92 Å². The molecule has 1 aromatic heterocycles. The number of aryl methyl sites for hydroxylation is 1. The summed E-state index contributed by atoms with van der Waals surface area (Å²) >= 11 is 0. The third-order valence-corrected chi connectivity index (χ3v) is 2.26. The first-order chi connectivity index (χ1) is 7.16. The van der Waals surface area contributed by atoms with E-state index in [1.807, 2.05) is 31.2 Å². The van der Waals surface area contributed by atoms with Crippen molar-refractivity contribution < 1.29 is 0 Å². The fourth-order valence-electron chi connectivity index (χ4n) is 1.53. The van der Waals surface area contributed by atoms with E-state index in [0.29, 0.717) is 11.4 Å². The van der Waals surface area contributed by atoms with Gasteiger partial charge in [0.25, 0.3) is 0 Å². The third kappa shape index (κ3) is 1.91. The molecule has 0 radical (unpaired) electrons. The summed E-state index contributed by atoms with van der Waals surface area (Å²) in [7, 11) is 0. The molecule has 0 aliphatic carbocycles. The van der Waals surface area contributed by atoms with Gasteiger partial charge >= 0.3 is 0 Å². The van der Waals surface area contributed by atoms with Gasteiger partial charge in [0.2, 0.25) is 0 Å². The summed E-state index contributed by atoms with van der Waals surface area (Å²) in [6.07, 6.45) is 1.65. The zero-order chi connectivity index (χ0) is 10.8. The maximum absolute atomic E-state index is 11.7. The first kappa shape index (κ1) is 9.52. The number of pyridine rings is 1. The molecule has 0 aliphatic heterocycles. The van der Waals surface area contributed by atoms with Crippen LogP contribution < -0.4 is 11.2 Å². The fraction of sp³-hybridized carbons (Fsp3) is 0.0833. The summed E-state index contributed by atoms with van der Waals surface area (Å²) in [6, 6.07) is 9.21. The molecule has 3 nitrogen and oxygen atoms in total. The molecule has 0 atom stereocenters. The summed E-state index contributed by atoms with van der Waals surface area (Å²) in [5, 5.41) is 0. The highest BCUT2D eigenvalue weighted by atomic mass is 16.1. The number of nitrogens with one attached hydrogen (secondary N) is 1. The Labute approximate surface area is 87.6 Å². The molecule has 0 bridgehead atoms. The van der Waals surface area contributed by atoms with Crippen molar-refractivity contribution in [1.29, 1.82) is 0 Å². The van der Waals surface area contributed by atoms with Gasteiger partial charge in [-0.3, -0.25) is 4.79 Å². The predicted molar refractivity (Wildman–Crippen MR) is 61.6 cm³/mol. The van der Waals surface area contributed by atoms with Crippen molar-refractivity contribution in [2.24, 2.45) is 0 Å². The molecular weight excluding hydrogens is 188 g/mol. The molecule has 0 spiro atoms. The van der Waals surface area contributed by atoms with Crippen molar-refractivity contribution in [3.8, 4) is 11.1 Å². The number of hydrogen-bond donors (Lipinski definition) is 2. The first-order valence-electron chi connectivity index (χ1n) is 4.72. The van der Waals surface area contributed by atoms with Gasteiger partial charge in [0.15, 0.2) is 5.43 Å². The van der Waals surface area contributed by atoms with Crippen molar-refractivity contribution in [1.82, 2.24) is 4.98 Å². The number of H-pyrrole nitrogens is 1. The zero-order valence-corrected chi connectivity index (χ0v) is 8.45. The Kier molecular flexibility index (Phi) is 2.29. The molecule has 3 N–H and O–H groups in total. The lowest BCUT2D eigenvalue weighted by Crippen LogP contribution is -2.06. The molecule has 15 heavy (non-hydrogen) atoms. The number of hydrogen-bond acceptors (Lipinski definition) is 2. The number of aromatic amines is 1. The zero-order valence-electron chi connectivity index (χ0n) is 8.45. The quantitative estimate of drug-likeness (QED) is 0.739. The number of aromatic nitrogens is 1. The average molecular weight is 200 g/mol. The second-order valence-corrected chi connectivity index (χ2v) is 3.54. The van der Waals surface area contributed by atoms with E-state index >= 15 is 0 Å². The topological polar surface area (TPSA) is 58.9 Å². The molecule has 0 aliphatic rings. The highest BCUT2D eigenvalue weighted by Gasteiger charge is 2.02. The number of nitrogen functional groups attached to an aromatic ring is 1. The maximum Gasteiger partial charge on any atom is 0.191 e. The molecule has 3 heteroatoms. The van der Waals surface area contributed by atoms with Gasteiger partial charge in [-0.05, 0) is 12.5 Å². The fourth-order valence-corrected chi connectivity index (χ4v) is 1.53. The Balaban J connectivity index is 2.59. The van der Waals surface area contributed by atoms with Crippen LogP contribution in [-0.2, 0) is 0 Å². The SMILES string of the molecule is Cc1cccc(-c2c[nH]c(N)cc2=O)c1. The van der Waals surface area contributed by atoms with Gasteiger partial charge in [-0.15, -0.1) is 0 Å². The van der Waals surface area contributed by atoms with E-state index in [4.69, 9.17) is 5.73 Å². The van der Waals surface area contributed by atoms with Gasteiger partial charge in [0, 0.05) is 17.8 Å². The van der Waals surface area contributed by atoms with Crippen LogP contribution in [0.1, 0.15) is 5.56 Å². The summed E-state index contributed by atoms with van der Waals surface area (Å²) in [6.45, 7) is 2.00. The first-order valence-corrected chi connectivity index (χ1v) is 4.72. The minimum atomic E-state index is -0.0585. The number of nitrogens with two attached hydrogens (primary N) is 1. The van der Waals surface area contributed by atoms with Crippen LogP contribution in [0.3, 0.4) is 0 Å². The summed E-state index contributed by atoms with van der Waals surface area (Å²) in [4.78, 5) is 14.5. The lowest BCUT2D eigenvalue weighted by Gasteiger charge is -2.02. The van der Waals surface area contributed by atoms with Crippen LogP contribution in [0.15, 0.2) is 41.3 Å². The Morgan fingerprint density at radius 2 is 2.07 bits per heavy atom. The van der Waals surface area contributed by atoms with E-state index in [1.54, 1.807) is 6.20 Å². The second-order valence-electron chi connectivity index (χ2n) is 3.54. The maximum atomic E-state index is 11.7. The van der Waals surface area contributed by atoms with Crippen LogP contribution in [0.25, 0.3) is 11.1 Å². The van der Waals surface area contributed by atoms with E-state index in [-0.39, 0.29) is 5.43 Å². The average Bonchev–Trinajstić information content (AvgIpc) is 2.17. The van der Waals surface area contributed by atoms with E-state index < -0.39 is 0 Å². The van der Waals surface area contributed by atoms with Gasteiger partial charge in [-0.1, -0.05) is 29.8 Å². The van der Waals surface area contributed by atoms with Crippen LogP contribution in [0.2, 0.25) is 0 Å². The van der Waals surface area contributed by atoms with Crippen LogP contribution in [0.4, 0.5) is 5.82 Å². The molecule has 0 unspecified atom stereocenters. The van der Waals surface area contributed by atoms with Gasteiger partial charge in [0.1, 0.15) is 5.82 Å². The van der Waals surface area contributed by atoms with E-state index in [9.17, 15) is 4.79 Å². The van der Waals surface area contributed by atoms with Gasteiger partial charge in [-0.2, -0.15) is 0 Å². The molecule has 0 fully saturated rings. The lowest BCUT2D eigenvalue weighted by molar-refractivity contribution is 1.31. The van der Waals surface area contributed by atoms with E-state index in [2.05, 4.69) is 4.98 Å². The van der Waals surface area contributed by atoms with E-state index in [0.717, 1.165) is 11.1 Å². The van der Waals surface area contributed by atoms with Gasteiger partial charge in [0.05, 0.1) is 0 Å². The van der Waals surface area contributed by atoms with Crippen LogP contribution >= 0.6 is 0 Å². The van der Waals surface area contributed by atoms with Crippen LogP contribution in [-0.4, -0.2) is 4.98 Å². The monoisotopic (exact) mass is 200 g/mol. The Morgan fingerprint density at radius 3 is 2.73 bits per heavy atom. The summed E-state index contributed by atoms with van der Waals surface area (Å²) in [5.41, 5.74) is 8.11. The largest absolute Gasteiger partial charge is 0.385 e. The highest BCUT2D eigenvalue weighted by molar-refractivity contribution is 5.63. The number of anilines is 1. The molecule has 0 saturated carbocycles. The smallest absolute Gasteiger partial charge is 0.191 e. The minimum absolute atomic E-state index is 0.0585. The molecular formula is C12H12N2O. The number of rotatable bonds is 1. The van der Waals surface area contributed by atoms with Crippen LogP contribution in [0, 0.1) is 6.92 Å². The lowest BCUT2D eigenvalue weighted by atomic mass is 10.1. The van der Waals surface area contributed by atoms with Gasteiger partial charge in [-0.25, -0.2) is 0 Å². The Morgan fingerprint density at radius 1 is 1.27 bits per heavy atom. The van der Waals surface area contributed by atoms with E-state index in [1.165, 1.54) is 6.07 Å². The minimum Gasteiger partial charge on any atom is -0.385 e. The summed E-state index contributed by atoms with van der Waals surface area (Å²) in [5.74, 6) is 0.386. The second kappa shape index (κ2) is 3.61. The Bertz CT molecular complexity index is 543. The molecule has 1 heterocycles. The van der Waals surface area contributed by atoms with Crippen LogP contribution in [0.5, 0.6) is 0 Å². The molecule has 2 rings (SSSR count). The highest BCUT2D eigenvalue weighted by Crippen LogP contribution is 2.16. The molecule has 0 amide bonds. The third-order valence-electron chi connectivity index (χ3n) is 2.26.